The fraction of sp³-hybridized carbons (Fsp3) is 0.333. The molecular weight excluding hydrogens is 520 g/mol. The minimum Gasteiger partial charge on any atom is -0.368 e. The van der Waals surface area contributed by atoms with Crippen LogP contribution in [0.1, 0.15) is 18.7 Å². The zero-order chi connectivity index (χ0) is 26.9. The van der Waals surface area contributed by atoms with Gasteiger partial charge >= 0.3 is 0 Å². The van der Waals surface area contributed by atoms with Gasteiger partial charge in [-0.25, -0.2) is 13.8 Å². The Balaban J connectivity index is 1.13. The maximum absolute atomic E-state index is 13.6. The second-order valence-electron chi connectivity index (χ2n) is 10.3. The highest BCUT2D eigenvalue weighted by atomic mass is 35.5. The summed E-state index contributed by atoms with van der Waals surface area (Å²) in [5.74, 6) is 0.314. The Labute approximate surface area is 231 Å². The lowest BCUT2D eigenvalue weighted by atomic mass is 9.96. The molecule has 6 nitrogen and oxygen atoms in total. The largest absolute Gasteiger partial charge is 0.368 e. The summed E-state index contributed by atoms with van der Waals surface area (Å²) in [6, 6.07) is 19.2. The molecule has 4 aromatic rings. The average Bonchev–Trinajstić information content (AvgIpc) is 3.32. The molecule has 6 rings (SSSR count). The first-order valence-corrected chi connectivity index (χ1v) is 13.8. The van der Waals surface area contributed by atoms with E-state index >= 15 is 0 Å². The normalized spacial score (nSPS) is 18.6. The minimum atomic E-state index is -0.427. The van der Waals surface area contributed by atoms with Crippen LogP contribution < -0.4 is 4.90 Å². The summed E-state index contributed by atoms with van der Waals surface area (Å²) in [5, 5.41) is 0.112. The van der Waals surface area contributed by atoms with Crippen molar-refractivity contribution in [3.63, 3.8) is 0 Å². The van der Waals surface area contributed by atoms with E-state index in [1.165, 1.54) is 18.2 Å². The van der Waals surface area contributed by atoms with Crippen LogP contribution in [0.2, 0.25) is 5.02 Å². The number of para-hydroxylation sites is 2. The van der Waals surface area contributed by atoms with Crippen LogP contribution in [0.15, 0.2) is 66.7 Å². The number of benzene rings is 3. The first kappa shape index (κ1) is 25.8. The Hall–Kier alpha value is -3.49. The van der Waals surface area contributed by atoms with Crippen molar-refractivity contribution < 1.29 is 13.6 Å². The number of rotatable bonds is 5. The van der Waals surface area contributed by atoms with Gasteiger partial charge in [-0.2, -0.15) is 0 Å². The highest BCUT2D eigenvalue weighted by Gasteiger charge is 2.32. The van der Waals surface area contributed by atoms with Gasteiger partial charge in [-0.05, 0) is 74.0 Å². The molecule has 39 heavy (non-hydrogen) atoms. The first-order chi connectivity index (χ1) is 19.0. The molecule has 2 fully saturated rings. The maximum atomic E-state index is 13.6. The van der Waals surface area contributed by atoms with Crippen LogP contribution in [0.4, 0.5) is 14.5 Å². The van der Waals surface area contributed by atoms with Gasteiger partial charge in [0.25, 0.3) is 0 Å². The number of aromatic nitrogens is 2. The van der Waals surface area contributed by atoms with E-state index in [1.807, 2.05) is 29.2 Å². The number of likely N-dealkylation sites (tertiary alicyclic amines) is 1. The molecule has 0 bridgehead atoms. The van der Waals surface area contributed by atoms with E-state index in [-0.39, 0.29) is 22.7 Å². The number of fused-ring (bicyclic) bond motifs is 1. The summed E-state index contributed by atoms with van der Waals surface area (Å²) in [6.45, 7) is 4.82. The van der Waals surface area contributed by atoms with Crippen molar-refractivity contribution in [2.75, 3.05) is 44.2 Å². The number of anilines is 1. The lowest BCUT2D eigenvalue weighted by molar-refractivity contribution is -0.137. The van der Waals surface area contributed by atoms with Crippen LogP contribution >= 0.6 is 11.6 Å². The van der Waals surface area contributed by atoms with Crippen molar-refractivity contribution in [3.05, 3.63) is 89.2 Å². The molecule has 9 heteroatoms. The van der Waals surface area contributed by atoms with Gasteiger partial charge in [0.2, 0.25) is 5.91 Å². The lowest BCUT2D eigenvalue weighted by Gasteiger charge is -2.39. The van der Waals surface area contributed by atoms with Crippen LogP contribution in [0.25, 0.3) is 16.7 Å². The second-order valence-corrected chi connectivity index (χ2v) is 10.7. The molecule has 0 radical (unpaired) electrons. The van der Waals surface area contributed by atoms with Crippen molar-refractivity contribution in [1.82, 2.24) is 19.4 Å². The predicted octanol–water partition coefficient (Wildman–Crippen LogP) is 5.52. The van der Waals surface area contributed by atoms with Gasteiger partial charge in [-0.3, -0.25) is 14.3 Å². The number of nitrogens with zero attached hydrogens (tertiary/aromatic N) is 5. The number of carbonyl (C=O) groups excluding carboxylic acids is 1. The highest BCUT2D eigenvalue weighted by Crippen LogP contribution is 2.27. The summed E-state index contributed by atoms with van der Waals surface area (Å²) in [5.41, 5.74) is 3.61. The molecule has 202 valence electrons. The molecule has 0 aliphatic carbocycles. The van der Waals surface area contributed by atoms with Crippen molar-refractivity contribution in [1.29, 1.82) is 0 Å². The van der Waals surface area contributed by atoms with Gasteiger partial charge in [-0.15, -0.1) is 0 Å². The van der Waals surface area contributed by atoms with Gasteiger partial charge in [0.15, 0.2) is 0 Å². The molecule has 1 aromatic heterocycles. The van der Waals surface area contributed by atoms with Gasteiger partial charge in [0, 0.05) is 44.1 Å². The lowest BCUT2D eigenvalue weighted by Crippen LogP contribution is -2.52. The molecule has 0 saturated carbocycles. The molecular formula is C30H30ClF2N5O. The Bertz CT molecular complexity index is 1480. The summed E-state index contributed by atoms with van der Waals surface area (Å²) in [4.78, 5) is 24.8. The highest BCUT2D eigenvalue weighted by molar-refractivity contribution is 6.31. The van der Waals surface area contributed by atoms with E-state index < -0.39 is 5.82 Å². The molecule has 3 aromatic carbocycles. The van der Waals surface area contributed by atoms with E-state index in [4.69, 9.17) is 16.6 Å². The fourth-order valence-electron chi connectivity index (χ4n) is 5.79. The molecule has 3 heterocycles. The minimum absolute atomic E-state index is 0.0609. The van der Waals surface area contributed by atoms with Gasteiger partial charge in [0.1, 0.15) is 17.5 Å². The van der Waals surface area contributed by atoms with Crippen molar-refractivity contribution >= 4 is 34.2 Å². The molecule has 0 N–H and O–H groups in total. The maximum Gasteiger partial charge on any atom is 0.227 e. The molecule has 2 aliphatic rings. The zero-order valence-corrected chi connectivity index (χ0v) is 22.3. The predicted molar refractivity (Wildman–Crippen MR) is 149 cm³/mol. The smallest absolute Gasteiger partial charge is 0.227 e. The number of carbonyl (C=O) groups is 1. The number of piperidine rings is 1. The SMILES string of the molecule is O=C([C@@H]1CCCN(Cc2nc3ccccc3n2-c2ccc(F)cc2)C1)N1CCN(c2ccc(F)c(Cl)c2)CC1. The number of halogens is 3. The topological polar surface area (TPSA) is 44.6 Å². The van der Waals surface area contributed by atoms with Crippen LogP contribution in [0, 0.1) is 17.6 Å². The number of hydrogen-bond donors (Lipinski definition) is 0. The molecule has 0 unspecified atom stereocenters. The van der Waals surface area contributed by atoms with Crippen molar-refractivity contribution in [2.24, 2.45) is 5.92 Å². The standard InChI is InChI=1S/C30H30ClF2N5O/c31-25-18-24(11-12-26(25)33)36-14-16-37(17-15-36)30(39)21-4-3-13-35(19-21)20-29-34-27-5-1-2-6-28(27)38(29)23-9-7-22(32)8-10-23/h1-2,5-12,18,21H,3-4,13-17,19-20H2/t21-/m1/s1. The van der Waals surface area contributed by atoms with E-state index in [9.17, 15) is 13.6 Å². The summed E-state index contributed by atoms with van der Waals surface area (Å²) >= 11 is 5.97. The third-order valence-electron chi connectivity index (χ3n) is 7.79. The van der Waals surface area contributed by atoms with Crippen LogP contribution in [0.5, 0.6) is 0 Å². The van der Waals surface area contributed by atoms with E-state index in [0.717, 1.165) is 47.6 Å². The molecule has 1 atom stereocenters. The third-order valence-corrected chi connectivity index (χ3v) is 8.08. The van der Waals surface area contributed by atoms with E-state index in [2.05, 4.69) is 14.4 Å². The summed E-state index contributed by atoms with van der Waals surface area (Å²) < 4.78 is 29.3. The Kier molecular flexibility index (Phi) is 7.23. The van der Waals surface area contributed by atoms with Gasteiger partial charge in [-0.1, -0.05) is 23.7 Å². The first-order valence-electron chi connectivity index (χ1n) is 13.4. The average molecular weight is 550 g/mol. The van der Waals surface area contributed by atoms with Crippen LogP contribution in [0.3, 0.4) is 0 Å². The van der Waals surface area contributed by atoms with Crippen LogP contribution in [-0.2, 0) is 11.3 Å². The summed E-state index contributed by atoms with van der Waals surface area (Å²) in [6.07, 6.45) is 1.82. The number of amides is 1. The number of piperazine rings is 1. The molecule has 0 spiro atoms. The zero-order valence-electron chi connectivity index (χ0n) is 21.6. The monoisotopic (exact) mass is 549 g/mol. The molecule has 2 aliphatic heterocycles. The number of hydrogen-bond acceptors (Lipinski definition) is 4. The van der Waals surface area contributed by atoms with Crippen LogP contribution in [-0.4, -0.2) is 64.5 Å². The van der Waals surface area contributed by atoms with Gasteiger partial charge < -0.3 is 9.80 Å². The van der Waals surface area contributed by atoms with Gasteiger partial charge in [0.05, 0.1) is 28.5 Å². The molecule has 2 saturated heterocycles. The second kappa shape index (κ2) is 10.9. The van der Waals surface area contributed by atoms with Crippen molar-refractivity contribution in [2.45, 2.75) is 19.4 Å². The van der Waals surface area contributed by atoms with E-state index in [1.54, 1.807) is 24.3 Å². The third kappa shape index (κ3) is 5.36. The number of imidazole rings is 1. The van der Waals surface area contributed by atoms with Crippen molar-refractivity contribution in [3.8, 4) is 5.69 Å². The Morgan fingerprint density at radius 3 is 2.44 bits per heavy atom. The fourth-order valence-corrected chi connectivity index (χ4v) is 5.96. The van der Waals surface area contributed by atoms with E-state index in [0.29, 0.717) is 39.3 Å². The molecule has 1 amide bonds. The Morgan fingerprint density at radius 1 is 0.923 bits per heavy atom. The quantitative estimate of drug-likeness (QED) is 0.329. The Morgan fingerprint density at radius 2 is 1.67 bits per heavy atom. The summed E-state index contributed by atoms with van der Waals surface area (Å²) in [7, 11) is 0.